The second-order valence-corrected chi connectivity index (χ2v) is 8.04. The Morgan fingerprint density at radius 1 is 0.853 bits per heavy atom. The van der Waals surface area contributed by atoms with Crippen LogP contribution in [0.15, 0.2) is 89.7 Å². The van der Waals surface area contributed by atoms with Gasteiger partial charge in [0, 0.05) is 25.5 Å². The van der Waals surface area contributed by atoms with Crippen LogP contribution >= 0.6 is 0 Å². The van der Waals surface area contributed by atoms with E-state index < -0.39 is 12.1 Å². The second kappa shape index (κ2) is 10.1. The molecule has 0 aliphatic rings. The molecule has 172 valence electrons. The molecule has 0 saturated carbocycles. The molecule has 0 N–H and O–H groups in total. The van der Waals surface area contributed by atoms with Gasteiger partial charge in [0.25, 0.3) is 11.5 Å². The Kier molecular flexibility index (Phi) is 6.82. The maximum Gasteiger partial charge on any atom is 0.360 e. The van der Waals surface area contributed by atoms with E-state index in [1.807, 2.05) is 60.7 Å². The molecule has 1 atom stereocenters. The molecular weight excluding hydrogens is 430 g/mol. The Hall–Kier alpha value is -4.26. The van der Waals surface area contributed by atoms with Crippen LogP contribution in [0.1, 0.15) is 28.5 Å². The molecule has 0 aliphatic heterocycles. The summed E-state index contributed by atoms with van der Waals surface area (Å²) in [6.07, 6.45) is -1.04. The molecular formula is C27H25N3O4. The standard InChI is InChI=1S/C27H25N3O4/c1-19(34-27(33)24-22-15-9-10-16-23(22)26(32)29(2)28-24)25(31)30(17-20-11-5-3-6-12-20)18-21-13-7-4-8-14-21/h3-16,19H,17-18H2,1-2H3/t19-/m0/s1. The zero-order valence-electron chi connectivity index (χ0n) is 19.0. The van der Waals surface area contributed by atoms with Crippen LogP contribution in [0.2, 0.25) is 0 Å². The van der Waals surface area contributed by atoms with Gasteiger partial charge in [-0.3, -0.25) is 9.59 Å². The van der Waals surface area contributed by atoms with Crippen molar-refractivity contribution in [2.24, 2.45) is 7.05 Å². The Labute approximate surface area is 197 Å². The SMILES string of the molecule is C[C@H](OC(=O)c1nn(C)c(=O)c2ccccc12)C(=O)N(Cc1ccccc1)Cc1ccccc1. The van der Waals surface area contributed by atoms with E-state index in [9.17, 15) is 14.4 Å². The molecule has 34 heavy (non-hydrogen) atoms. The van der Waals surface area contributed by atoms with Crippen molar-refractivity contribution in [1.82, 2.24) is 14.7 Å². The molecule has 0 unspecified atom stereocenters. The first kappa shape index (κ1) is 22.9. The third kappa shape index (κ3) is 5.04. The highest BCUT2D eigenvalue weighted by Gasteiger charge is 2.27. The summed E-state index contributed by atoms with van der Waals surface area (Å²) < 4.78 is 6.65. The number of hydrogen-bond donors (Lipinski definition) is 0. The van der Waals surface area contributed by atoms with Gasteiger partial charge in [-0.2, -0.15) is 5.10 Å². The topological polar surface area (TPSA) is 81.5 Å². The van der Waals surface area contributed by atoms with Gasteiger partial charge >= 0.3 is 5.97 Å². The maximum atomic E-state index is 13.4. The largest absolute Gasteiger partial charge is 0.448 e. The number of rotatable bonds is 7. The highest BCUT2D eigenvalue weighted by atomic mass is 16.5. The number of fused-ring (bicyclic) bond motifs is 1. The molecule has 0 radical (unpaired) electrons. The zero-order valence-corrected chi connectivity index (χ0v) is 19.0. The summed E-state index contributed by atoms with van der Waals surface area (Å²) >= 11 is 0. The monoisotopic (exact) mass is 455 g/mol. The first-order valence-electron chi connectivity index (χ1n) is 11.0. The van der Waals surface area contributed by atoms with Crippen molar-refractivity contribution in [1.29, 1.82) is 0 Å². The highest BCUT2D eigenvalue weighted by molar-refractivity contribution is 6.02. The van der Waals surface area contributed by atoms with Crippen molar-refractivity contribution in [2.75, 3.05) is 0 Å². The molecule has 1 heterocycles. The number of amides is 1. The van der Waals surface area contributed by atoms with Crippen LogP contribution in [0.4, 0.5) is 0 Å². The lowest BCUT2D eigenvalue weighted by molar-refractivity contribution is -0.141. The quantitative estimate of drug-likeness (QED) is 0.397. The normalized spacial score (nSPS) is 11.7. The predicted molar refractivity (Wildman–Crippen MR) is 129 cm³/mol. The number of esters is 1. The van der Waals surface area contributed by atoms with Gasteiger partial charge in [-0.25, -0.2) is 9.48 Å². The summed E-state index contributed by atoms with van der Waals surface area (Å²) in [7, 11) is 1.47. The lowest BCUT2D eigenvalue weighted by atomic mass is 10.1. The fraction of sp³-hybridized carbons (Fsp3) is 0.185. The number of carbonyl (C=O) groups excluding carboxylic acids is 2. The first-order chi connectivity index (χ1) is 16.4. The van der Waals surface area contributed by atoms with Crippen molar-refractivity contribution in [2.45, 2.75) is 26.1 Å². The van der Waals surface area contributed by atoms with E-state index in [-0.39, 0.29) is 17.2 Å². The van der Waals surface area contributed by atoms with Crippen LogP contribution in [0, 0.1) is 0 Å². The van der Waals surface area contributed by atoms with E-state index in [4.69, 9.17) is 4.74 Å². The average Bonchev–Trinajstić information content (AvgIpc) is 2.86. The molecule has 0 bridgehead atoms. The molecule has 0 spiro atoms. The van der Waals surface area contributed by atoms with Gasteiger partial charge < -0.3 is 9.64 Å². The van der Waals surface area contributed by atoms with Crippen LogP contribution in [-0.4, -0.2) is 32.7 Å². The van der Waals surface area contributed by atoms with E-state index in [1.54, 1.807) is 36.1 Å². The number of aryl methyl sites for hydroxylation is 1. The number of nitrogens with zero attached hydrogens (tertiary/aromatic N) is 3. The van der Waals surface area contributed by atoms with Crippen LogP contribution in [0.25, 0.3) is 10.8 Å². The van der Waals surface area contributed by atoms with Gasteiger partial charge in [-0.1, -0.05) is 78.9 Å². The Morgan fingerprint density at radius 3 is 1.91 bits per heavy atom. The summed E-state index contributed by atoms with van der Waals surface area (Å²) in [5.41, 5.74) is 1.62. The molecule has 7 nitrogen and oxygen atoms in total. The van der Waals surface area contributed by atoms with Crippen LogP contribution in [-0.2, 0) is 29.7 Å². The second-order valence-electron chi connectivity index (χ2n) is 8.04. The third-order valence-corrected chi connectivity index (χ3v) is 5.53. The molecule has 7 heteroatoms. The molecule has 0 saturated heterocycles. The molecule has 0 aliphatic carbocycles. The number of aromatic nitrogens is 2. The number of hydrogen-bond acceptors (Lipinski definition) is 5. The molecule has 1 amide bonds. The number of carbonyl (C=O) groups is 2. The van der Waals surface area contributed by atoms with Crippen molar-refractivity contribution < 1.29 is 14.3 Å². The molecule has 3 aromatic carbocycles. The summed E-state index contributed by atoms with van der Waals surface area (Å²) in [5.74, 6) is -1.08. The lowest BCUT2D eigenvalue weighted by Crippen LogP contribution is -2.39. The number of benzene rings is 3. The molecule has 0 fully saturated rings. The number of ether oxygens (including phenoxy) is 1. The van der Waals surface area contributed by atoms with E-state index in [0.717, 1.165) is 15.8 Å². The van der Waals surface area contributed by atoms with Crippen molar-refractivity contribution in [3.8, 4) is 0 Å². The molecule has 1 aromatic heterocycles. The first-order valence-corrected chi connectivity index (χ1v) is 11.0. The average molecular weight is 456 g/mol. The Balaban J connectivity index is 1.57. The zero-order chi connectivity index (χ0) is 24.1. The van der Waals surface area contributed by atoms with Crippen LogP contribution < -0.4 is 5.56 Å². The van der Waals surface area contributed by atoms with Gasteiger partial charge in [0.15, 0.2) is 11.8 Å². The summed E-state index contributed by atoms with van der Waals surface area (Å²) in [6.45, 7) is 2.29. The molecule has 4 rings (SSSR count). The fourth-order valence-electron chi connectivity index (χ4n) is 3.79. The smallest absolute Gasteiger partial charge is 0.360 e. The van der Waals surface area contributed by atoms with E-state index in [1.165, 1.54) is 7.05 Å². The van der Waals surface area contributed by atoms with Gasteiger partial charge in [-0.15, -0.1) is 0 Å². The van der Waals surface area contributed by atoms with Crippen LogP contribution in [0.3, 0.4) is 0 Å². The van der Waals surface area contributed by atoms with E-state index in [2.05, 4.69) is 5.10 Å². The fourth-order valence-corrected chi connectivity index (χ4v) is 3.79. The van der Waals surface area contributed by atoms with Crippen molar-refractivity contribution >= 4 is 22.6 Å². The maximum absolute atomic E-state index is 13.4. The minimum atomic E-state index is -1.04. The van der Waals surface area contributed by atoms with Crippen molar-refractivity contribution in [3.63, 3.8) is 0 Å². The highest BCUT2D eigenvalue weighted by Crippen LogP contribution is 2.17. The summed E-state index contributed by atoms with van der Waals surface area (Å²) in [5, 5.41) is 4.85. The predicted octanol–water partition coefficient (Wildman–Crippen LogP) is 3.71. The summed E-state index contributed by atoms with van der Waals surface area (Å²) in [6, 6.07) is 26.0. The van der Waals surface area contributed by atoms with E-state index >= 15 is 0 Å². The van der Waals surface area contributed by atoms with Crippen molar-refractivity contribution in [3.05, 3.63) is 112 Å². The Morgan fingerprint density at radius 2 is 1.35 bits per heavy atom. The van der Waals surface area contributed by atoms with E-state index in [0.29, 0.717) is 23.9 Å². The van der Waals surface area contributed by atoms with Gasteiger partial charge in [0.05, 0.1) is 5.39 Å². The van der Waals surface area contributed by atoms with Gasteiger partial charge in [0.1, 0.15) is 0 Å². The minimum Gasteiger partial charge on any atom is -0.448 e. The van der Waals surface area contributed by atoms with Gasteiger partial charge in [-0.05, 0) is 24.1 Å². The Bertz CT molecular complexity index is 1330. The molecule has 4 aromatic rings. The lowest BCUT2D eigenvalue weighted by Gasteiger charge is -2.26. The minimum absolute atomic E-state index is 0.00461. The summed E-state index contributed by atoms with van der Waals surface area (Å²) in [4.78, 5) is 40.4. The van der Waals surface area contributed by atoms with Crippen LogP contribution in [0.5, 0.6) is 0 Å². The third-order valence-electron chi connectivity index (χ3n) is 5.53. The van der Waals surface area contributed by atoms with Gasteiger partial charge in [0.2, 0.25) is 0 Å².